The Kier molecular flexibility index (Phi) is 4.11. The molecular weight excluding hydrogens is 374 g/mol. The monoisotopic (exact) mass is 380 g/mol. The van der Waals surface area contributed by atoms with Crippen molar-refractivity contribution in [2.75, 3.05) is 5.73 Å². The molecule has 1 aromatic carbocycles. The fourth-order valence-electron chi connectivity index (χ4n) is 1.17. The summed E-state index contributed by atoms with van der Waals surface area (Å²) in [7, 11) is 0. The van der Waals surface area contributed by atoms with Crippen LogP contribution in [0.1, 0.15) is 0 Å². The van der Waals surface area contributed by atoms with E-state index in [0.717, 1.165) is 5.03 Å². The highest BCUT2D eigenvalue weighted by atomic mass is 127. The highest BCUT2D eigenvalue weighted by Gasteiger charge is 2.08. The lowest BCUT2D eigenvalue weighted by Crippen LogP contribution is -1.93. The number of rotatable bonds is 2. The van der Waals surface area contributed by atoms with E-state index in [9.17, 15) is 4.39 Å². The summed E-state index contributed by atoms with van der Waals surface area (Å²) >= 11 is 8.95. The van der Waals surface area contributed by atoms with Gasteiger partial charge in [-0.3, -0.25) is 0 Å². The van der Waals surface area contributed by atoms with Crippen molar-refractivity contribution in [2.24, 2.45) is 0 Å². The molecule has 0 radical (unpaired) electrons. The van der Waals surface area contributed by atoms with Gasteiger partial charge in [-0.15, -0.1) is 0 Å². The minimum Gasteiger partial charge on any atom is -0.398 e. The van der Waals surface area contributed by atoms with Gasteiger partial charge >= 0.3 is 0 Å². The number of benzene rings is 1. The third-order valence-electron chi connectivity index (χ3n) is 1.97. The second kappa shape index (κ2) is 5.41. The average Bonchev–Trinajstić information content (AvgIpc) is 2.29. The molecular formula is C11H7ClFIN2S. The van der Waals surface area contributed by atoms with Crippen LogP contribution in [0.25, 0.3) is 0 Å². The first-order valence-corrected chi connectivity index (χ1v) is 6.87. The normalized spacial score (nSPS) is 10.5. The summed E-state index contributed by atoms with van der Waals surface area (Å²) in [6, 6.07) is 6.52. The highest BCUT2D eigenvalue weighted by molar-refractivity contribution is 14.1. The maximum absolute atomic E-state index is 13.4. The molecule has 0 aliphatic carbocycles. The van der Waals surface area contributed by atoms with Crippen LogP contribution >= 0.6 is 46.0 Å². The fraction of sp³-hybridized carbons (Fsp3) is 0. The quantitative estimate of drug-likeness (QED) is 0.626. The smallest absolute Gasteiger partial charge is 0.137 e. The number of hydrogen-bond acceptors (Lipinski definition) is 3. The number of halogens is 3. The molecule has 1 aromatic heterocycles. The Labute approximate surface area is 121 Å². The summed E-state index contributed by atoms with van der Waals surface area (Å²) in [5.74, 6) is -0.281. The Morgan fingerprint density at radius 2 is 2.12 bits per heavy atom. The van der Waals surface area contributed by atoms with Gasteiger partial charge in [0.2, 0.25) is 0 Å². The molecule has 0 bridgehead atoms. The SMILES string of the molecule is Nc1cc(I)c(F)cc1Sc1ccc(Cl)cn1. The van der Waals surface area contributed by atoms with Crippen molar-refractivity contribution in [1.82, 2.24) is 4.98 Å². The van der Waals surface area contributed by atoms with Crippen LogP contribution in [0.4, 0.5) is 10.1 Å². The predicted octanol–water partition coefficient (Wildman–Crippen LogP) is 4.21. The number of aromatic nitrogens is 1. The van der Waals surface area contributed by atoms with Crippen molar-refractivity contribution in [3.05, 3.63) is 44.9 Å². The Morgan fingerprint density at radius 3 is 2.76 bits per heavy atom. The van der Waals surface area contributed by atoms with Gasteiger partial charge in [-0.05, 0) is 46.9 Å². The predicted molar refractivity (Wildman–Crippen MR) is 76.9 cm³/mol. The average molecular weight is 381 g/mol. The van der Waals surface area contributed by atoms with Crippen molar-refractivity contribution in [1.29, 1.82) is 0 Å². The Bertz CT molecular complexity index is 548. The van der Waals surface area contributed by atoms with Gasteiger partial charge in [-0.1, -0.05) is 23.4 Å². The Hall–Kier alpha value is -0.530. The molecule has 2 rings (SSSR count). The molecule has 0 unspecified atom stereocenters. The van der Waals surface area contributed by atoms with Crippen LogP contribution in [0.15, 0.2) is 40.4 Å². The third kappa shape index (κ3) is 3.23. The van der Waals surface area contributed by atoms with Gasteiger partial charge < -0.3 is 5.73 Å². The van der Waals surface area contributed by atoms with Crippen LogP contribution < -0.4 is 5.73 Å². The van der Waals surface area contributed by atoms with E-state index < -0.39 is 0 Å². The molecule has 1 heterocycles. The van der Waals surface area contributed by atoms with Gasteiger partial charge in [0.05, 0.1) is 8.59 Å². The standard InChI is InChI=1S/C11H7ClFIN2S/c12-6-1-2-11(16-5-6)17-10-3-7(13)8(14)4-9(10)15/h1-5H,15H2. The van der Waals surface area contributed by atoms with E-state index in [2.05, 4.69) is 4.98 Å². The fourth-order valence-corrected chi connectivity index (χ4v) is 2.58. The Balaban J connectivity index is 2.30. The molecule has 2 nitrogen and oxygen atoms in total. The number of nitrogen functional groups attached to an aromatic ring is 1. The molecule has 0 amide bonds. The molecule has 6 heteroatoms. The summed E-state index contributed by atoms with van der Waals surface area (Å²) < 4.78 is 13.9. The number of anilines is 1. The minimum absolute atomic E-state index is 0.281. The maximum atomic E-state index is 13.4. The molecule has 88 valence electrons. The second-order valence-corrected chi connectivity index (χ2v) is 5.88. The summed E-state index contributed by atoms with van der Waals surface area (Å²) in [5.41, 5.74) is 6.36. The van der Waals surface area contributed by atoms with Crippen LogP contribution in [0.3, 0.4) is 0 Å². The molecule has 0 spiro atoms. The van der Waals surface area contributed by atoms with Gasteiger partial charge in [-0.25, -0.2) is 9.37 Å². The molecule has 0 saturated heterocycles. The minimum atomic E-state index is -0.281. The molecule has 0 aliphatic heterocycles. The van der Waals surface area contributed by atoms with E-state index in [4.69, 9.17) is 17.3 Å². The second-order valence-electron chi connectivity index (χ2n) is 3.22. The van der Waals surface area contributed by atoms with E-state index in [1.54, 1.807) is 24.4 Å². The van der Waals surface area contributed by atoms with Crippen LogP contribution in [0.2, 0.25) is 5.02 Å². The van der Waals surface area contributed by atoms with Gasteiger partial charge in [0.1, 0.15) is 10.8 Å². The van der Waals surface area contributed by atoms with Crippen LogP contribution in [-0.2, 0) is 0 Å². The van der Waals surface area contributed by atoms with Crippen LogP contribution in [-0.4, -0.2) is 4.98 Å². The lowest BCUT2D eigenvalue weighted by Gasteiger charge is -2.06. The van der Waals surface area contributed by atoms with Gasteiger partial charge in [0.15, 0.2) is 0 Å². The van der Waals surface area contributed by atoms with Crippen molar-refractivity contribution >= 4 is 51.6 Å². The zero-order valence-corrected chi connectivity index (χ0v) is 12.2. The van der Waals surface area contributed by atoms with Gasteiger partial charge in [0, 0.05) is 16.8 Å². The summed E-state index contributed by atoms with van der Waals surface area (Å²) in [6.07, 6.45) is 1.54. The first kappa shape index (κ1) is 12.9. The lowest BCUT2D eigenvalue weighted by atomic mass is 10.3. The molecule has 2 aromatic rings. The summed E-state index contributed by atoms with van der Waals surface area (Å²) in [6.45, 7) is 0. The van der Waals surface area contributed by atoms with Gasteiger partial charge in [-0.2, -0.15) is 0 Å². The number of nitrogens with zero attached hydrogens (tertiary/aromatic N) is 1. The van der Waals surface area contributed by atoms with Crippen molar-refractivity contribution in [3.8, 4) is 0 Å². The summed E-state index contributed by atoms with van der Waals surface area (Å²) in [4.78, 5) is 4.77. The van der Waals surface area contributed by atoms with Crippen molar-refractivity contribution < 1.29 is 4.39 Å². The van der Waals surface area contributed by atoms with E-state index in [-0.39, 0.29) is 5.82 Å². The molecule has 2 N–H and O–H groups in total. The zero-order valence-electron chi connectivity index (χ0n) is 8.45. The van der Waals surface area contributed by atoms with Gasteiger partial charge in [0.25, 0.3) is 0 Å². The van der Waals surface area contributed by atoms with Crippen LogP contribution in [0.5, 0.6) is 0 Å². The lowest BCUT2D eigenvalue weighted by molar-refractivity contribution is 0.617. The first-order chi connectivity index (χ1) is 8.06. The Morgan fingerprint density at radius 1 is 1.35 bits per heavy atom. The highest BCUT2D eigenvalue weighted by Crippen LogP contribution is 2.33. The zero-order chi connectivity index (χ0) is 12.4. The van der Waals surface area contributed by atoms with E-state index in [1.807, 2.05) is 22.6 Å². The molecule has 0 saturated carbocycles. The molecule has 0 fully saturated rings. The molecule has 17 heavy (non-hydrogen) atoms. The first-order valence-electron chi connectivity index (χ1n) is 4.60. The number of hydrogen-bond donors (Lipinski definition) is 1. The van der Waals surface area contributed by atoms with Crippen LogP contribution in [0, 0.1) is 9.39 Å². The number of pyridine rings is 1. The third-order valence-corrected chi connectivity index (χ3v) is 4.04. The molecule has 0 aliphatic rings. The van der Waals surface area contributed by atoms with E-state index >= 15 is 0 Å². The number of nitrogens with two attached hydrogens (primary N) is 1. The molecule has 0 atom stereocenters. The largest absolute Gasteiger partial charge is 0.398 e. The van der Waals surface area contributed by atoms with E-state index in [1.165, 1.54) is 17.8 Å². The van der Waals surface area contributed by atoms with Crippen molar-refractivity contribution in [3.63, 3.8) is 0 Å². The topological polar surface area (TPSA) is 38.9 Å². The summed E-state index contributed by atoms with van der Waals surface area (Å²) in [5, 5.41) is 1.29. The van der Waals surface area contributed by atoms with E-state index in [0.29, 0.717) is 19.2 Å². The van der Waals surface area contributed by atoms with Crippen molar-refractivity contribution in [2.45, 2.75) is 9.92 Å². The maximum Gasteiger partial charge on any atom is 0.137 e.